The van der Waals surface area contributed by atoms with E-state index in [1.807, 2.05) is 18.4 Å². The highest BCUT2D eigenvalue weighted by Crippen LogP contribution is 2.17. The van der Waals surface area contributed by atoms with Gasteiger partial charge in [0.2, 0.25) is 0 Å². The Morgan fingerprint density at radius 3 is 2.84 bits per heavy atom. The van der Waals surface area contributed by atoms with Crippen LogP contribution < -0.4 is 17.0 Å². The number of amides is 1. The van der Waals surface area contributed by atoms with Crippen molar-refractivity contribution in [3.63, 3.8) is 0 Å². The van der Waals surface area contributed by atoms with Gasteiger partial charge in [0.15, 0.2) is 0 Å². The number of nitrogens with two attached hydrogens (primary N) is 1. The Morgan fingerprint density at radius 2 is 2.16 bits per heavy atom. The van der Waals surface area contributed by atoms with Crippen molar-refractivity contribution in [2.75, 3.05) is 0 Å². The number of nitrogens with one attached hydrogen (secondary N) is 1. The van der Waals surface area contributed by atoms with Gasteiger partial charge in [-0.25, -0.2) is 10.6 Å². The number of aromatic nitrogens is 2. The van der Waals surface area contributed by atoms with Gasteiger partial charge in [0.1, 0.15) is 0 Å². The zero-order chi connectivity index (χ0) is 13.8. The molecular weight excluding hydrogens is 264 g/mol. The Balaban J connectivity index is 2.25. The fourth-order valence-electron chi connectivity index (χ4n) is 1.89. The van der Waals surface area contributed by atoms with Crippen LogP contribution in [0.15, 0.2) is 28.6 Å². The minimum absolute atomic E-state index is 0.0628. The monoisotopic (exact) mass is 280 g/mol. The highest BCUT2D eigenvalue weighted by atomic mass is 32.1. The van der Waals surface area contributed by atoms with Gasteiger partial charge in [-0.3, -0.25) is 19.4 Å². The molecule has 2 heterocycles. The molecule has 0 aromatic carbocycles. The zero-order valence-corrected chi connectivity index (χ0v) is 11.4. The van der Waals surface area contributed by atoms with Crippen LogP contribution in [-0.4, -0.2) is 15.0 Å². The second kappa shape index (κ2) is 5.85. The summed E-state index contributed by atoms with van der Waals surface area (Å²) in [5.74, 6) is 4.81. The molecule has 2 rings (SSSR count). The number of rotatable bonds is 5. The molecule has 0 spiro atoms. The van der Waals surface area contributed by atoms with Crippen molar-refractivity contribution in [3.8, 4) is 0 Å². The van der Waals surface area contributed by atoms with Crippen molar-refractivity contribution < 1.29 is 4.79 Å². The maximum absolute atomic E-state index is 12.0. The fraction of sp³-hybridized carbons (Fsp3) is 0.333. The van der Waals surface area contributed by atoms with Crippen LogP contribution in [0, 0.1) is 0 Å². The molecule has 1 amide bonds. The summed E-state index contributed by atoms with van der Waals surface area (Å²) in [4.78, 5) is 24.1. The fourth-order valence-corrected chi connectivity index (χ4v) is 2.71. The van der Waals surface area contributed by atoms with Gasteiger partial charge in [0, 0.05) is 18.9 Å². The smallest absolute Gasteiger partial charge is 0.299 e. The van der Waals surface area contributed by atoms with Gasteiger partial charge < -0.3 is 0 Å². The highest BCUT2D eigenvalue weighted by Gasteiger charge is 2.13. The Kier molecular flexibility index (Phi) is 4.18. The summed E-state index contributed by atoms with van der Waals surface area (Å²) >= 11 is 1.31. The predicted molar refractivity (Wildman–Crippen MR) is 74.1 cm³/mol. The van der Waals surface area contributed by atoms with Crippen LogP contribution in [-0.2, 0) is 13.1 Å². The number of carbonyl (C=O) groups excluding carboxylic acids is 1. The third-order valence-corrected chi connectivity index (χ3v) is 3.76. The van der Waals surface area contributed by atoms with Gasteiger partial charge in [-0.2, -0.15) is 0 Å². The van der Waals surface area contributed by atoms with Crippen molar-refractivity contribution in [2.24, 2.45) is 5.84 Å². The standard InChI is InChI=1S/C12H16N4O2S/c1-2-4-15-5-6-16(12(15)18)8-9-3-7-19-10(9)11(17)14-13/h3,5-7H,2,4,8,13H2,1H3,(H,14,17). The minimum Gasteiger partial charge on any atom is -0.299 e. The van der Waals surface area contributed by atoms with E-state index in [4.69, 9.17) is 5.84 Å². The van der Waals surface area contributed by atoms with E-state index in [-0.39, 0.29) is 11.6 Å². The Hall–Kier alpha value is -1.86. The number of hydrogen-bond acceptors (Lipinski definition) is 4. The van der Waals surface area contributed by atoms with E-state index >= 15 is 0 Å². The summed E-state index contributed by atoms with van der Waals surface area (Å²) in [5.41, 5.74) is 2.85. The molecule has 0 saturated heterocycles. The largest absolute Gasteiger partial charge is 0.328 e. The predicted octanol–water partition coefficient (Wildman–Crippen LogP) is 0.773. The lowest BCUT2D eigenvalue weighted by Crippen LogP contribution is -2.30. The first kappa shape index (κ1) is 13.6. The molecule has 0 bridgehead atoms. The van der Waals surface area contributed by atoms with Crippen molar-refractivity contribution in [2.45, 2.75) is 26.4 Å². The summed E-state index contributed by atoms with van der Waals surface area (Å²) in [7, 11) is 0. The van der Waals surface area contributed by atoms with Gasteiger partial charge in [-0.1, -0.05) is 6.92 Å². The van der Waals surface area contributed by atoms with Crippen LogP contribution in [0.5, 0.6) is 0 Å². The lowest BCUT2D eigenvalue weighted by molar-refractivity contribution is 0.0957. The summed E-state index contributed by atoms with van der Waals surface area (Å²) < 4.78 is 3.25. The first-order chi connectivity index (χ1) is 9.17. The normalized spacial score (nSPS) is 10.6. The van der Waals surface area contributed by atoms with Gasteiger partial charge in [-0.15, -0.1) is 11.3 Å². The van der Waals surface area contributed by atoms with Crippen molar-refractivity contribution in [1.82, 2.24) is 14.6 Å². The van der Waals surface area contributed by atoms with Gasteiger partial charge >= 0.3 is 5.69 Å². The summed E-state index contributed by atoms with van der Waals surface area (Å²) in [6.45, 7) is 3.10. The minimum atomic E-state index is -0.328. The lowest BCUT2D eigenvalue weighted by atomic mass is 10.2. The Bertz CT molecular complexity index is 626. The SMILES string of the molecule is CCCn1ccn(Cc2ccsc2C(=O)NN)c1=O. The first-order valence-corrected chi connectivity index (χ1v) is 6.88. The molecule has 0 aliphatic carbocycles. The van der Waals surface area contributed by atoms with Gasteiger partial charge in [0.25, 0.3) is 5.91 Å². The molecule has 0 unspecified atom stereocenters. The molecule has 7 heteroatoms. The quantitative estimate of drug-likeness (QED) is 0.482. The summed E-state index contributed by atoms with van der Waals surface area (Å²) in [6, 6.07) is 1.83. The molecule has 0 aliphatic rings. The van der Waals surface area contributed by atoms with Crippen LogP contribution in [0.25, 0.3) is 0 Å². The second-order valence-corrected chi connectivity index (χ2v) is 5.07. The van der Waals surface area contributed by atoms with Crippen LogP contribution in [0.2, 0.25) is 0 Å². The number of aryl methyl sites for hydroxylation is 1. The van der Waals surface area contributed by atoms with E-state index in [0.29, 0.717) is 18.0 Å². The van der Waals surface area contributed by atoms with Gasteiger partial charge in [0.05, 0.1) is 11.4 Å². The maximum atomic E-state index is 12.0. The van der Waals surface area contributed by atoms with E-state index in [9.17, 15) is 9.59 Å². The first-order valence-electron chi connectivity index (χ1n) is 6.00. The van der Waals surface area contributed by atoms with E-state index in [0.717, 1.165) is 12.0 Å². The number of thiophene rings is 1. The molecule has 0 aliphatic heterocycles. The topological polar surface area (TPSA) is 82.1 Å². The zero-order valence-electron chi connectivity index (χ0n) is 10.6. The molecule has 2 aromatic heterocycles. The molecule has 6 nitrogen and oxygen atoms in total. The van der Waals surface area contributed by atoms with Crippen LogP contribution >= 0.6 is 11.3 Å². The number of hydrazine groups is 1. The molecule has 2 aromatic rings. The lowest BCUT2D eigenvalue weighted by Gasteiger charge is -2.03. The van der Waals surface area contributed by atoms with Crippen molar-refractivity contribution >= 4 is 17.2 Å². The number of nitrogens with zero attached hydrogens (tertiary/aromatic N) is 2. The maximum Gasteiger partial charge on any atom is 0.328 e. The third kappa shape index (κ3) is 2.77. The van der Waals surface area contributed by atoms with Crippen LogP contribution in [0.3, 0.4) is 0 Å². The van der Waals surface area contributed by atoms with E-state index in [2.05, 4.69) is 5.43 Å². The number of carbonyl (C=O) groups is 1. The Labute approximate surface area is 114 Å². The number of nitrogen functional groups attached to an aromatic ring is 1. The highest BCUT2D eigenvalue weighted by molar-refractivity contribution is 7.12. The molecule has 0 saturated carbocycles. The van der Waals surface area contributed by atoms with Crippen LogP contribution in [0.1, 0.15) is 28.6 Å². The average molecular weight is 280 g/mol. The third-order valence-electron chi connectivity index (χ3n) is 2.81. The Morgan fingerprint density at radius 1 is 1.42 bits per heavy atom. The van der Waals surface area contributed by atoms with Crippen LogP contribution in [0.4, 0.5) is 0 Å². The van der Waals surface area contributed by atoms with E-state index in [1.165, 1.54) is 11.3 Å². The summed E-state index contributed by atoms with van der Waals surface area (Å²) in [6.07, 6.45) is 4.41. The molecule has 0 fully saturated rings. The van der Waals surface area contributed by atoms with Crippen molar-refractivity contribution in [3.05, 3.63) is 44.8 Å². The number of imidazole rings is 1. The van der Waals surface area contributed by atoms with Gasteiger partial charge in [-0.05, 0) is 23.4 Å². The molecule has 0 atom stereocenters. The van der Waals surface area contributed by atoms with Crippen molar-refractivity contribution in [1.29, 1.82) is 0 Å². The molecular formula is C12H16N4O2S. The molecule has 102 valence electrons. The van der Waals surface area contributed by atoms with E-state index < -0.39 is 0 Å². The average Bonchev–Trinajstić information content (AvgIpc) is 3.00. The number of hydrogen-bond donors (Lipinski definition) is 2. The summed E-state index contributed by atoms with van der Waals surface area (Å²) in [5, 5.41) is 1.81. The molecule has 0 radical (unpaired) electrons. The van der Waals surface area contributed by atoms with E-state index in [1.54, 1.807) is 21.5 Å². The second-order valence-electron chi connectivity index (χ2n) is 4.15. The molecule has 19 heavy (non-hydrogen) atoms. The molecule has 3 N–H and O–H groups in total.